The molecule has 0 spiro atoms. The molecule has 0 unspecified atom stereocenters. The lowest BCUT2D eigenvalue weighted by atomic mass is 10.1. The summed E-state index contributed by atoms with van der Waals surface area (Å²) < 4.78 is 28.1. The first-order chi connectivity index (χ1) is 10.6. The minimum absolute atomic E-state index is 0.116. The summed E-state index contributed by atoms with van der Waals surface area (Å²) in [7, 11) is 1.65. The first kappa shape index (κ1) is 18.0. The van der Waals surface area contributed by atoms with Crippen molar-refractivity contribution in [2.75, 3.05) is 40.3 Å². The van der Waals surface area contributed by atoms with Crippen molar-refractivity contribution in [1.29, 1.82) is 0 Å². The normalized spacial score (nSPS) is 15.8. The second kappa shape index (κ2) is 9.08. The van der Waals surface area contributed by atoms with Gasteiger partial charge in [0.15, 0.2) is 11.5 Å². The van der Waals surface area contributed by atoms with Gasteiger partial charge in [0.05, 0.1) is 32.5 Å². The molecule has 0 amide bonds. The monoisotopic (exact) mass is 438 g/mol. The van der Waals surface area contributed by atoms with Crippen LogP contribution < -0.4 is 9.47 Å². The third-order valence-electron chi connectivity index (χ3n) is 3.17. The largest absolute Gasteiger partial charge is 0.454 e. The van der Waals surface area contributed by atoms with Crippen molar-refractivity contribution in [3.63, 3.8) is 0 Å². The molecule has 0 bridgehead atoms. The molecular weight excluding hydrogens is 420 g/mol. The molecule has 1 aromatic rings. The third-order valence-corrected chi connectivity index (χ3v) is 4.34. The molecular formula is C15H20Br2O5. The van der Waals surface area contributed by atoms with Crippen LogP contribution >= 0.6 is 31.9 Å². The molecule has 5 nitrogen and oxygen atoms in total. The van der Waals surface area contributed by atoms with Crippen molar-refractivity contribution in [2.45, 2.75) is 17.9 Å². The maximum absolute atomic E-state index is 5.97. The number of benzene rings is 1. The number of ether oxygens (including phenoxy) is 5. The average Bonchev–Trinajstić information content (AvgIpc) is 2.93. The van der Waals surface area contributed by atoms with Crippen LogP contribution in [0.2, 0.25) is 0 Å². The van der Waals surface area contributed by atoms with E-state index in [1.165, 1.54) is 0 Å². The number of rotatable bonds is 9. The molecule has 22 heavy (non-hydrogen) atoms. The van der Waals surface area contributed by atoms with E-state index >= 15 is 0 Å². The molecule has 2 rings (SSSR count). The maximum atomic E-state index is 5.97. The van der Waals surface area contributed by atoms with Gasteiger partial charge in [-0.05, 0) is 19.1 Å². The van der Waals surface area contributed by atoms with E-state index in [0.29, 0.717) is 26.4 Å². The Morgan fingerprint density at radius 1 is 1.14 bits per heavy atom. The van der Waals surface area contributed by atoms with Gasteiger partial charge in [-0.15, -0.1) is 0 Å². The lowest BCUT2D eigenvalue weighted by Crippen LogP contribution is -2.17. The van der Waals surface area contributed by atoms with E-state index in [4.69, 9.17) is 23.7 Å². The van der Waals surface area contributed by atoms with Crippen molar-refractivity contribution in [3.8, 4) is 11.5 Å². The van der Waals surface area contributed by atoms with Gasteiger partial charge >= 0.3 is 0 Å². The highest BCUT2D eigenvalue weighted by Crippen LogP contribution is 2.41. The molecule has 2 atom stereocenters. The van der Waals surface area contributed by atoms with Crippen molar-refractivity contribution < 1.29 is 23.7 Å². The molecule has 7 heteroatoms. The Hall–Kier alpha value is -0.340. The summed E-state index contributed by atoms with van der Waals surface area (Å²) in [6, 6.07) is 3.87. The van der Waals surface area contributed by atoms with E-state index in [0.717, 1.165) is 21.5 Å². The van der Waals surface area contributed by atoms with E-state index in [2.05, 4.69) is 31.9 Å². The summed E-state index contributed by atoms with van der Waals surface area (Å²) in [6.45, 7) is 4.50. The standard InChI is InChI=1S/C15H20Br2O5/c1-10(16)15(20-6-5-19-4-3-18-2)11-7-13-14(8-12(11)17)22-9-21-13/h7-8,10,15H,3-6,9H2,1-2H3/t10-,15-/m1/s1. The zero-order valence-electron chi connectivity index (χ0n) is 12.6. The molecule has 1 aromatic carbocycles. The quantitative estimate of drug-likeness (QED) is 0.433. The maximum Gasteiger partial charge on any atom is 0.231 e. The fraction of sp³-hybridized carbons (Fsp3) is 0.600. The minimum atomic E-state index is -0.116. The van der Waals surface area contributed by atoms with Crippen LogP contribution in [0.25, 0.3) is 0 Å². The summed E-state index contributed by atoms with van der Waals surface area (Å²) in [5, 5.41) is 0. The number of hydrogen-bond acceptors (Lipinski definition) is 5. The third kappa shape index (κ3) is 4.83. The van der Waals surface area contributed by atoms with E-state index in [-0.39, 0.29) is 17.7 Å². The van der Waals surface area contributed by atoms with Gasteiger partial charge in [-0.2, -0.15) is 0 Å². The van der Waals surface area contributed by atoms with Crippen molar-refractivity contribution >= 4 is 31.9 Å². The van der Waals surface area contributed by atoms with Gasteiger partial charge in [-0.25, -0.2) is 0 Å². The molecule has 0 fully saturated rings. The smallest absolute Gasteiger partial charge is 0.231 e. The Morgan fingerprint density at radius 2 is 1.82 bits per heavy atom. The van der Waals surface area contributed by atoms with Crippen LogP contribution in [-0.4, -0.2) is 45.2 Å². The molecule has 0 saturated carbocycles. The number of alkyl halides is 1. The molecule has 0 saturated heterocycles. The van der Waals surface area contributed by atoms with Gasteiger partial charge in [0, 0.05) is 22.0 Å². The van der Waals surface area contributed by atoms with Crippen LogP contribution in [0.15, 0.2) is 16.6 Å². The molecule has 124 valence electrons. The lowest BCUT2D eigenvalue weighted by molar-refractivity contribution is -0.00622. The number of hydrogen-bond donors (Lipinski definition) is 0. The van der Waals surface area contributed by atoms with Crippen molar-refractivity contribution in [3.05, 3.63) is 22.2 Å². The summed E-state index contributed by atoms with van der Waals surface area (Å²) >= 11 is 7.19. The molecule has 0 aromatic heterocycles. The van der Waals surface area contributed by atoms with Crippen LogP contribution in [0.5, 0.6) is 11.5 Å². The Labute approximate surface area is 147 Å². The van der Waals surface area contributed by atoms with Crippen LogP contribution in [0, 0.1) is 0 Å². The Balaban J connectivity index is 1.96. The van der Waals surface area contributed by atoms with E-state index in [1.54, 1.807) is 7.11 Å². The topological polar surface area (TPSA) is 46.2 Å². The highest BCUT2D eigenvalue weighted by Gasteiger charge is 2.24. The summed E-state index contributed by atoms with van der Waals surface area (Å²) in [6.07, 6.45) is -0.116. The van der Waals surface area contributed by atoms with Crippen LogP contribution in [-0.2, 0) is 14.2 Å². The molecule has 1 aliphatic heterocycles. The molecule has 0 radical (unpaired) electrons. The second-order valence-electron chi connectivity index (χ2n) is 4.80. The molecule has 0 N–H and O–H groups in total. The van der Waals surface area contributed by atoms with Crippen LogP contribution in [0.3, 0.4) is 0 Å². The van der Waals surface area contributed by atoms with Gasteiger partial charge in [-0.3, -0.25) is 0 Å². The van der Waals surface area contributed by atoms with Crippen molar-refractivity contribution in [2.24, 2.45) is 0 Å². The zero-order valence-corrected chi connectivity index (χ0v) is 15.8. The van der Waals surface area contributed by atoms with Gasteiger partial charge in [0.25, 0.3) is 0 Å². The fourth-order valence-electron chi connectivity index (χ4n) is 2.10. The van der Waals surface area contributed by atoms with E-state index in [1.807, 2.05) is 19.1 Å². The average molecular weight is 440 g/mol. The first-order valence-corrected chi connectivity index (χ1v) is 8.75. The summed E-state index contributed by atoms with van der Waals surface area (Å²) in [5.74, 6) is 1.50. The summed E-state index contributed by atoms with van der Waals surface area (Å²) in [4.78, 5) is 0.142. The predicted octanol–water partition coefficient (Wildman–Crippen LogP) is 3.68. The van der Waals surface area contributed by atoms with Gasteiger partial charge in [0.2, 0.25) is 6.79 Å². The predicted molar refractivity (Wildman–Crippen MR) is 90.0 cm³/mol. The summed E-state index contributed by atoms with van der Waals surface area (Å²) in [5.41, 5.74) is 1.02. The van der Waals surface area contributed by atoms with E-state index < -0.39 is 0 Å². The lowest BCUT2D eigenvalue weighted by Gasteiger charge is -2.22. The second-order valence-corrected chi connectivity index (χ2v) is 7.10. The number of methoxy groups -OCH3 is 1. The SMILES string of the molecule is COCCOCCO[C@@H](c1cc2c(cc1Br)OCO2)[C@@H](C)Br. The minimum Gasteiger partial charge on any atom is -0.454 e. The van der Waals surface area contributed by atoms with Gasteiger partial charge in [-0.1, -0.05) is 31.9 Å². The van der Waals surface area contributed by atoms with Gasteiger partial charge in [0.1, 0.15) is 0 Å². The number of halogens is 2. The highest BCUT2D eigenvalue weighted by molar-refractivity contribution is 9.10. The van der Waals surface area contributed by atoms with Crippen LogP contribution in [0.4, 0.5) is 0 Å². The Kier molecular flexibility index (Phi) is 7.43. The number of fused-ring (bicyclic) bond motifs is 1. The van der Waals surface area contributed by atoms with Crippen LogP contribution in [0.1, 0.15) is 18.6 Å². The Morgan fingerprint density at radius 3 is 2.50 bits per heavy atom. The fourth-order valence-corrected chi connectivity index (χ4v) is 3.08. The highest BCUT2D eigenvalue weighted by atomic mass is 79.9. The first-order valence-electron chi connectivity index (χ1n) is 7.05. The van der Waals surface area contributed by atoms with E-state index in [9.17, 15) is 0 Å². The van der Waals surface area contributed by atoms with Gasteiger partial charge < -0.3 is 23.7 Å². The Bertz CT molecular complexity index is 481. The van der Waals surface area contributed by atoms with Crippen molar-refractivity contribution in [1.82, 2.24) is 0 Å². The molecule has 1 aliphatic rings. The molecule has 1 heterocycles. The zero-order chi connectivity index (χ0) is 15.9. The molecule has 0 aliphatic carbocycles.